The topological polar surface area (TPSA) is 78.5 Å². The van der Waals surface area contributed by atoms with Gasteiger partial charge in [0.15, 0.2) is 0 Å². The summed E-state index contributed by atoms with van der Waals surface area (Å²) in [5.41, 5.74) is 0.885. The van der Waals surface area contributed by atoms with Crippen LogP contribution in [0.25, 0.3) is 0 Å². The number of urea groups is 1. The molecular weight excluding hydrogens is 294 g/mol. The molecule has 0 saturated carbocycles. The molecule has 2 N–H and O–H groups in total. The molecule has 0 aliphatic carbocycles. The summed E-state index contributed by atoms with van der Waals surface area (Å²) in [6.45, 7) is 1.60. The summed E-state index contributed by atoms with van der Waals surface area (Å²) >= 11 is 5.94. The van der Waals surface area contributed by atoms with Crippen LogP contribution in [0.15, 0.2) is 24.3 Å². The number of halogens is 1. The van der Waals surface area contributed by atoms with Gasteiger partial charge in [0.1, 0.15) is 6.54 Å². The molecule has 1 unspecified atom stereocenters. The summed E-state index contributed by atoms with van der Waals surface area (Å²) in [5.74, 6) is -0.779. The minimum absolute atomic E-state index is 0.0579. The first kappa shape index (κ1) is 15.3. The quantitative estimate of drug-likeness (QED) is 0.808. The monoisotopic (exact) mass is 309 g/mol. The van der Waals surface area contributed by atoms with E-state index in [9.17, 15) is 14.4 Å². The maximum atomic E-state index is 12.0. The van der Waals surface area contributed by atoms with Gasteiger partial charge >= 0.3 is 6.03 Å². The predicted molar refractivity (Wildman–Crippen MR) is 77.7 cm³/mol. The molecule has 4 amide bonds. The third kappa shape index (κ3) is 3.72. The Labute approximate surface area is 127 Å². The van der Waals surface area contributed by atoms with Crippen LogP contribution >= 0.6 is 11.6 Å². The third-order valence-electron chi connectivity index (χ3n) is 3.23. The number of hydrogen-bond acceptors (Lipinski definition) is 3. The lowest BCUT2D eigenvalue weighted by Crippen LogP contribution is -2.41. The molecule has 1 fully saturated rings. The molecule has 1 aromatic carbocycles. The summed E-state index contributed by atoms with van der Waals surface area (Å²) in [7, 11) is 0. The molecule has 6 nitrogen and oxygen atoms in total. The lowest BCUT2D eigenvalue weighted by Gasteiger charge is -2.19. The number of carbonyl (C=O) groups is 3. The van der Waals surface area contributed by atoms with Crippen LogP contribution in [0.2, 0.25) is 5.02 Å². The second-order valence-corrected chi connectivity index (χ2v) is 5.16. The Bertz CT molecular complexity index is 560. The van der Waals surface area contributed by atoms with Gasteiger partial charge in [-0.3, -0.25) is 14.5 Å². The van der Waals surface area contributed by atoms with E-state index in [0.29, 0.717) is 11.4 Å². The molecule has 0 aromatic heterocycles. The molecule has 1 aromatic rings. The Balaban J connectivity index is 2.00. The van der Waals surface area contributed by atoms with Gasteiger partial charge in [0, 0.05) is 5.02 Å². The highest BCUT2D eigenvalue weighted by Gasteiger charge is 2.30. The zero-order valence-electron chi connectivity index (χ0n) is 11.6. The Hall–Kier alpha value is -2.08. The van der Waals surface area contributed by atoms with Crippen molar-refractivity contribution in [3.8, 4) is 0 Å². The molecule has 7 heteroatoms. The third-order valence-corrected chi connectivity index (χ3v) is 3.47. The van der Waals surface area contributed by atoms with E-state index in [1.54, 1.807) is 12.1 Å². The fourth-order valence-electron chi connectivity index (χ4n) is 2.14. The average molecular weight is 310 g/mol. The number of nitrogens with zero attached hydrogens (tertiary/aromatic N) is 1. The van der Waals surface area contributed by atoms with Crippen molar-refractivity contribution in [1.29, 1.82) is 0 Å². The number of carbonyl (C=O) groups excluding carboxylic acids is 3. The molecule has 112 valence electrons. The number of hydrogen-bond donors (Lipinski definition) is 2. The number of rotatable bonds is 5. The fourth-order valence-corrected chi connectivity index (χ4v) is 2.34. The summed E-state index contributed by atoms with van der Waals surface area (Å²) < 4.78 is 0. The summed E-state index contributed by atoms with van der Waals surface area (Å²) in [5, 5.41) is 5.77. The van der Waals surface area contributed by atoms with Crippen molar-refractivity contribution < 1.29 is 14.4 Å². The standard InChI is InChI=1S/C14H16ClN3O3/c1-2-11(9-4-3-5-10(15)6-9)17-12(19)8-18-13(20)7-16-14(18)21/h3-6,11H,2,7-8H2,1H3,(H,16,21)(H,17,19). The summed E-state index contributed by atoms with van der Waals surface area (Å²) in [6, 6.07) is 6.47. The number of nitrogens with one attached hydrogen (secondary N) is 2. The maximum absolute atomic E-state index is 12.0. The molecule has 1 atom stereocenters. The van der Waals surface area contributed by atoms with Gasteiger partial charge in [-0.2, -0.15) is 0 Å². The van der Waals surface area contributed by atoms with Gasteiger partial charge in [0.2, 0.25) is 5.91 Å². The van der Waals surface area contributed by atoms with Gasteiger partial charge in [-0.05, 0) is 24.1 Å². The largest absolute Gasteiger partial charge is 0.348 e. The smallest absolute Gasteiger partial charge is 0.325 e. The van der Waals surface area contributed by atoms with Crippen molar-refractivity contribution in [2.45, 2.75) is 19.4 Å². The van der Waals surface area contributed by atoms with Gasteiger partial charge in [-0.1, -0.05) is 30.7 Å². The minimum Gasteiger partial charge on any atom is -0.348 e. The van der Waals surface area contributed by atoms with Crippen molar-refractivity contribution in [2.75, 3.05) is 13.1 Å². The van der Waals surface area contributed by atoms with Crippen LogP contribution in [0.3, 0.4) is 0 Å². The first-order chi connectivity index (χ1) is 10.0. The van der Waals surface area contributed by atoms with E-state index in [2.05, 4.69) is 10.6 Å². The van der Waals surface area contributed by atoms with Crippen molar-refractivity contribution in [2.24, 2.45) is 0 Å². The first-order valence-electron chi connectivity index (χ1n) is 6.64. The van der Waals surface area contributed by atoms with Crippen LogP contribution in [0, 0.1) is 0 Å². The van der Waals surface area contributed by atoms with Crippen LogP contribution in [-0.4, -0.2) is 35.8 Å². The van der Waals surface area contributed by atoms with E-state index in [4.69, 9.17) is 11.6 Å². The highest BCUT2D eigenvalue weighted by Crippen LogP contribution is 2.20. The first-order valence-corrected chi connectivity index (χ1v) is 7.02. The Kier molecular flexibility index (Phi) is 4.80. The summed E-state index contributed by atoms with van der Waals surface area (Å²) in [6.07, 6.45) is 0.673. The number of imide groups is 1. The second kappa shape index (κ2) is 6.58. The highest BCUT2D eigenvalue weighted by atomic mass is 35.5. The molecule has 1 aliphatic heterocycles. The molecule has 2 rings (SSSR count). The summed E-state index contributed by atoms with van der Waals surface area (Å²) in [4.78, 5) is 35.7. The van der Waals surface area contributed by atoms with Crippen molar-refractivity contribution in [3.05, 3.63) is 34.9 Å². The molecule has 1 saturated heterocycles. The van der Waals surface area contributed by atoms with E-state index >= 15 is 0 Å². The zero-order valence-corrected chi connectivity index (χ0v) is 12.3. The Morgan fingerprint density at radius 1 is 1.48 bits per heavy atom. The molecule has 0 bridgehead atoms. The fraction of sp³-hybridized carbons (Fsp3) is 0.357. The molecule has 1 aliphatic rings. The van der Waals surface area contributed by atoms with Crippen LogP contribution in [0.5, 0.6) is 0 Å². The molecule has 1 heterocycles. The van der Waals surface area contributed by atoms with Gasteiger partial charge in [0.05, 0.1) is 12.6 Å². The van der Waals surface area contributed by atoms with Gasteiger partial charge in [-0.25, -0.2) is 4.79 Å². The van der Waals surface area contributed by atoms with E-state index in [1.807, 2.05) is 19.1 Å². The second-order valence-electron chi connectivity index (χ2n) is 4.72. The lowest BCUT2D eigenvalue weighted by atomic mass is 10.0. The average Bonchev–Trinajstić information content (AvgIpc) is 2.76. The van der Waals surface area contributed by atoms with Crippen LogP contribution < -0.4 is 10.6 Å². The van der Waals surface area contributed by atoms with Gasteiger partial charge in [0.25, 0.3) is 5.91 Å². The van der Waals surface area contributed by atoms with E-state index in [-0.39, 0.29) is 25.0 Å². The maximum Gasteiger partial charge on any atom is 0.325 e. The molecular formula is C14H16ClN3O3. The molecule has 0 radical (unpaired) electrons. The van der Waals surface area contributed by atoms with Crippen LogP contribution in [0.1, 0.15) is 24.9 Å². The van der Waals surface area contributed by atoms with Crippen LogP contribution in [-0.2, 0) is 9.59 Å². The van der Waals surface area contributed by atoms with Crippen molar-refractivity contribution in [3.63, 3.8) is 0 Å². The van der Waals surface area contributed by atoms with Crippen molar-refractivity contribution >= 4 is 29.4 Å². The van der Waals surface area contributed by atoms with E-state index in [0.717, 1.165) is 10.5 Å². The van der Waals surface area contributed by atoms with Gasteiger partial charge in [-0.15, -0.1) is 0 Å². The van der Waals surface area contributed by atoms with Gasteiger partial charge < -0.3 is 10.6 Å². The Morgan fingerprint density at radius 2 is 2.24 bits per heavy atom. The number of benzene rings is 1. The zero-order chi connectivity index (χ0) is 15.4. The normalized spacial score (nSPS) is 15.8. The Morgan fingerprint density at radius 3 is 2.81 bits per heavy atom. The minimum atomic E-state index is -0.536. The van der Waals surface area contributed by atoms with E-state index < -0.39 is 11.9 Å². The molecule has 21 heavy (non-hydrogen) atoms. The van der Waals surface area contributed by atoms with Crippen molar-refractivity contribution in [1.82, 2.24) is 15.5 Å². The molecule has 0 spiro atoms. The lowest BCUT2D eigenvalue weighted by molar-refractivity contribution is -0.130. The SMILES string of the molecule is CCC(NC(=O)CN1C(=O)CNC1=O)c1cccc(Cl)c1. The highest BCUT2D eigenvalue weighted by molar-refractivity contribution is 6.30. The number of amides is 4. The van der Waals surface area contributed by atoms with Crippen LogP contribution in [0.4, 0.5) is 4.79 Å². The predicted octanol–water partition coefficient (Wildman–Crippen LogP) is 1.46. The van der Waals surface area contributed by atoms with E-state index in [1.165, 1.54) is 0 Å².